The highest BCUT2D eigenvalue weighted by Gasteiger charge is 2.23. The number of hydrogen-bond donors (Lipinski definition) is 0. The Morgan fingerprint density at radius 2 is 1.81 bits per heavy atom. The van der Waals surface area contributed by atoms with E-state index in [4.69, 9.17) is 4.84 Å². The Morgan fingerprint density at radius 3 is 2.56 bits per heavy atom. The maximum atomic E-state index is 5.44. The second-order valence-corrected chi connectivity index (χ2v) is 3.81. The first-order chi connectivity index (χ1) is 7.93. The van der Waals surface area contributed by atoms with Gasteiger partial charge in [-0.15, -0.1) is 0 Å². The van der Waals surface area contributed by atoms with E-state index in [0.29, 0.717) is 0 Å². The lowest BCUT2D eigenvalue weighted by molar-refractivity contribution is 0.0857. The first-order valence-electron chi connectivity index (χ1n) is 5.34. The van der Waals surface area contributed by atoms with Crippen molar-refractivity contribution < 1.29 is 4.84 Å². The fourth-order valence-corrected chi connectivity index (χ4v) is 1.87. The van der Waals surface area contributed by atoms with Crippen LogP contribution >= 0.6 is 0 Å². The van der Waals surface area contributed by atoms with E-state index in [-0.39, 0.29) is 6.10 Å². The lowest BCUT2D eigenvalue weighted by Gasteiger charge is -2.07. The van der Waals surface area contributed by atoms with Gasteiger partial charge in [-0.25, -0.2) is 0 Å². The van der Waals surface area contributed by atoms with Gasteiger partial charge in [0.15, 0.2) is 11.9 Å². The lowest BCUT2D eigenvalue weighted by Crippen LogP contribution is -2.07. The van der Waals surface area contributed by atoms with Crippen LogP contribution in [-0.2, 0) is 4.84 Å². The van der Waals surface area contributed by atoms with Crippen molar-refractivity contribution >= 4 is 5.84 Å². The molecule has 1 atom stereocenters. The molecule has 0 radical (unpaired) electrons. The molecule has 16 heavy (non-hydrogen) atoms. The zero-order valence-corrected chi connectivity index (χ0v) is 8.78. The summed E-state index contributed by atoms with van der Waals surface area (Å²) < 4.78 is 1.99. The van der Waals surface area contributed by atoms with Gasteiger partial charge in [-0.1, -0.05) is 35.5 Å². The summed E-state index contributed by atoms with van der Waals surface area (Å²) in [5.41, 5.74) is 1.17. The van der Waals surface area contributed by atoms with Gasteiger partial charge in [0.05, 0.1) is 6.42 Å². The normalized spacial score (nSPS) is 19.2. The molecule has 1 aliphatic rings. The standard InChI is InChI=1S/C13H12N2O/c1-2-6-11(7-3-1)12-10-13(14-16-12)15-8-4-5-9-15/h1-9,12H,10H2. The van der Waals surface area contributed by atoms with Gasteiger partial charge in [0.1, 0.15) is 0 Å². The molecule has 80 valence electrons. The maximum Gasteiger partial charge on any atom is 0.159 e. The van der Waals surface area contributed by atoms with Gasteiger partial charge in [-0.05, 0) is 17.7 Å². The number of hydrogen-bond acceptors (Lipinski definition) is 2. The monoisotopic (exact) mass is 212 g/mol. The fourth-order valence-electron chi connectivity index (χ4n) is 1.87. The molecule has 1 aliphatic heterocycles. The highest BCUT2D eigenvalue weighted by molar-refractivity contribution is 5.85. The molecule has 0 amide bonds. The third kappa shape index (κ3) is 1.60. The van der Waals surface area contributed by atoms with Gasteiger partial charge in [0, 0.05) is 12.4 Å². The molecule has 0 fully saturated rings. The molecule has 0 aliphatic carbocycles. The van der Waals surface area contributed by atoms with Gasteiger partial charge in [-0.3, -0.25) is 0 Å². The summed E-state index contributed by atoms with van der Waals surface area (Å²) in [7, 11) is 0. The molecule has 3 rings (SSSR count). The Morgan fingerprint density at radius 1 is 1.06 bits per heavy atom. The van der Waals surface area contributed by atoms with Crippen molar-refractivity contribution in [2.24, 2.45) is 5.16 Å². The van der Waals surface area contributed by atoms with E-state index in [9.17, 15) is 0 Å². The van der Waals surface area contributed by atoms with E-state index >= 15 is 0 Å². The molecule has 3 heteroatoms. The predicted octanol–water partition coefficient (Wildman–Crippen LogP) is 2.81. The molecule has 1 aromatic heterocycles. The number of benzene rings is 1. The summed E-state index contributed by atoms with van der Waals surface area (Å²) in [5, 5.41) is 4.12. The van der Waals surface area contributed by atoms with Crippen LogP contribution in [-0.4, -0.2) is 10.4 Å². The quantitative estimate of drug-likeness (QED) is 0.714. The molecular formula is C13H12N2O. The number of oxime groups is 1. The Balaban J connectivity index is 1.78. The van der Waals surface area contributed by atoms with E-state index in [1.807, 2.05) is 47.3 Å². The molecule has 0 N–H and O–H groups in total. The number of rotatable bonds is 1. The molecular weight excluding hydrogens is 200 g/mol. The molecule has 0 bridgehead atoms. The molecule has 3 nitrogen and oxygen atoms in total. The predicted molar refractivity (Wildman–Crippen MR) is 62.2 cm³/mol. The van der Waals surface area contributed by atoms with Crippen LogP contribution in [0, 0.1) is 0 Å². The van der Waals surface area contributed by atoms with Crippen molar-refractivity contribution in [3.8, 4) is 0 Å². The Bertz CT molecular complexity index is 488. The number of nitrogens with zero attached hydrogens (tertiary/aromatic N) is 2. The van der Waals surface area contributed by atoms with Crippen LogP contribution in [0.25, 0.3) is 0 Å². The molecule has 1 aromatic carbocycles. The van der Waals surface area contributed by atoms with Crippen molar-refractivity contribution in [3.63, 3.8) is 0 Å². The second kappa shape index (κ2) is 3.85. The molecule has 0 saturated carbocycles. The minimum absolute atomic E-state index is 0.0543. The zero-order valence-electron chi connectivity index (χ0n) is 8.78. The zero-order chi connectivity index (χ0) is 10.8. The van der Waals surface area contributed by atoms with Crippen LogP contribution in [0.4, 0.5) is 0 Å². The van der Waals surface area contributed by atoms with Crippen LogP contribution in [0.3, 0.4) is 0 Å². The largest absolute Gasteiger partial charge is 0.386 e. The van der Waals surface area contributed by atoms with E-state index in [1.165, 1.54) is 5.56 Å². The van der Waals surface area contributed by atoms with E-state index < -0.39 is 0 Å². The Kier molecular flexibility index (Phi) is 2.22. The molecule has 1 unspecified atom stereocenters. The van der Waals surface area contributed by atoms with Gasteiger partial charge in [0.2, 0.25) is 0 Å². The van der Waals surface area contributed by atoms with Crippen molar-refractivity contribution in [3.05, 3.63) is 60.4 Å². The summed E-state index contributed by atoms with van der Waals surface area (Å²) in [6.45, 7) is 0. The van der Waals surface area contributed by atoms with E-state index in [0.717, 1.165) is 12.3 Å². The van der Waals surface area contributed by atoms with Crippen LogP contribution in [0.5, 0.6) is 0 Å². The Hall–Kier alpha value is -2.03. The smallest absolute Gasteiger partial charge is 0.159 e. The molecule has 2 heterocycles. The third-order valence-electron chi connectivity index (χ3n) is 2.73. The molecule has 2 aromatic rings. The van der Waals surface area contributed by atoms with E-state index in [1.54, 1.807) is 0 Å². The SMILES string of the molecule is c1ccc(C2CC(n3cccc3)=NO2)cc1. The maximum absolute atomic E-state index is 5.44. The lowest BCUT2D eigenvalue weighted by atomic mass is 10.1. The minimum Gasteiger partial charge on any atom is -0.386 e. The first kappa shape index (κ1) is 9.21. The van der Waals surface area contributed by atoms with Gasteiger partial charge < -0.3 is 9.40 Å². The van der Waals surface area contributed by atoms with Crippen molar-refractivity contribution in [1.82, 2.24) is 4.57 Å². The minimum atomic E-state index is 0.0543. The van der Waals surface area contributed by atoms with Gasteiger partial charge in [-0.2, -0.15) is 0 Å². The summed E-state index contributed by atoms with van der Waals surface area (Å²) in [6.07, 6.45) is 4.84. The molecule has 0 saturated heterocycles. The summed E-state index contributed by atoms with van der Waals surface area (Å²) in [5.74, 6) is 0.957. The van der Waals surface area contributed by atoms with Gasteiger partial charge >= 0.3 is 0 Å². The van der Waals surface area contributed by atoms with Crippen LogP contribution in [0.1, 0.15) is 18.1 Å². The highest BCUT2D eigenvalue weighted by Crippen LogP contribution is 2.27. The average molecular weight is 212 g/mol. The highest BCUT2D eigenvalue weighted by atomic mass is 16.6. The topological polar surface area (TPSA) is 26.5 Å². The summed E-state index contributed by atoms with van der Waals surface area (Å²) >= 11 is 0. The average Bonchev–Trinajstić information content (AvgIpc) is 3.01. The van der Waals surface area contributed by atoms with Crippen LogP contribution < -0.4 is 0 Å². The van der Waals surface area contributed by atoms with Crippen LogP contribution in [0.15, 0.2) is 60.0 Å². The molecule has 0 spiro atoms. The fraction of sp³-hybridized carbons (Fsp3) is 0.154. The van der Waals surface area contributed by atoms with Crippen molar-refractivity contribution in [1.29, 1.82) is 0 Å². The second-order valence-electron chi connectivity index (χ2n) is 3.81. The van der Waals surface area contributed by atoms with Crippen LogP contribution in [0.2, 0.25) is 0 Å². The number of aromatic nitrogens is 1. The van der Waals surface area contributed by atoms with E-state index in [2.05, 4.69) is 17.3 Å². The Labute approximate surface area is 94.0 Å². The van der Waals surface area contributed by atoms with Gasteiger partial charge in [0.25, 0.3) is 0 Å². The summed E-state index contributed by atoms with van der Waals surface area (Å²) in [4.78, 5) is 5.44. The third-order valence-corrected chi connectivity index (χ3v) is 2.73. The van der Waals surface area contributed by atoms with Crippen molar-refractivity contribution in [2.45, 2.75) is 12.5 Å². The summed E-state index contributed by atoms with van der Waals surface area (Å²) in [6, 6.07) is 14.2. The van der Waals surface area contributed by atoms with Crippen molar-refractivity contribution in [2.75, 3.05) is 0 Å². The first-order valence-corrected chi connectivity index (χ1v) is 5.34.